The Hall–Kier alpha value is 1.42. The van der Waals surface area contributed by atoms with E-state index in [0.717, 1.165) is 0 Å². The van der Waals surface area contributed by atoms with Crippen molar-refractivity contribution in [2.45, 2.75) is 0 Å². The molecule has 38 valence electrons. The fourth-order valence-electron chi connectivity index (χ4n) is 0. The summed E-state index contributed by atoms with van der Waals surface area (Å²) in [6.07, 6.45) is 0. The maximum absolute atomic E-state index is 9.83. The van der Waals surface area contributed by atoms with Crippen molar-refractivity contribution < 1.29 is 38.1 Å². The van der Waals surface area contributed by atoms with Gasteiger partial charge in [0.1, 0.15) is 0 Å². The van der Waals surface area contributed by atoms with Crippen LogP contribution in [-0.4, -0.2) is 32.5 Å². The maximum Gasteiger partial charge on any atom is 0.844 e. The van der Waals surface area contributed by atoms with E-state index in [1.807, 2.05) is 0 Å². The third-order valence-electron chi connectivity index (χ3n) is 0. The normalized spacial score (nSPS) is 8.57. The minimum absolute atomic E-state index is 0. The van der Waals surface area contributed by atoms with Gasteiger partial charge in [-0.15, -0.1) is 0 Å². The molecule has 0 saturated carbocycles. The summed E-state index contributed by atoms with van der Waals surface area (Å²) in [6.45, 7) is 0. The number of hydrogen-bond acceptors (Lipinski definition) is 0. The molecule has 0 aliphatic rings. The first-order chi connectivity index (χ1) is 2.00. The molecule has 0 aromatic carbocycles. The van der Waals surface area contributed by atoms with Crippen molar-refractivity contribution in [3.05, 3.63) is 0 Å². The van der Waals surface area contributed by atoms with Crippen LogP contribution in [0.3, 0.4) is 0 Å². The van der Waals surface area contributed by atoms with Gasteiger partial charge in [-0.25, -0.2) is 16.4 Å². The molecule has 0 heterocycles. The van der Waals surface area contributed by atoms with Crippen LogP contribution in [0.5, 0.6) is 0 Å². The maximum atomic E-state index is 9.83. The van der Waals surface area contributed by atoms with Crippen LogP contribution in [0.2, 0.25) is 0 Å². The van der Waals surface area contributed by atoms with Gasteiger partial charge in [0.15, 0.2) is 0 Å². The smallest absolute Gasteiger partial charge is 0.211 e. The van der Waals surface area contributed by atoms with E-state index in [9.17, 15) is 16.4 Å². The molecule has 0 unspecified atom stereocenters. The molecule has 0 fully saturated rings. The Balaban J connectivity index is -0.0000000800. The Morgan fingerprint density at radius 1 is 0.857 bits per heavy atom. The molecule has 7 heteroatoms. The van der Waals surface area contributed by atoms with Crippen molar-refractivity contribution in [3.8, 4) is 0 Å². The van der Waals surface area contributed by atoms with E-state index < -0.39 is 9.41 Å². The Morgan fingerprint density at radius 3 is 0.857 bits per heavy atom. The second kappa shape index (κ2) is 5.55. The molecule has 0 nitrogen and oxygen atoms in total. The quantitative estimate of drug-likeness (QED) is 0.292. The molecule has 0 bridgehead atoms. The molecule has 0 spiro atoms. The molecule has 0 atom stereocenters. The molecule has 0 rings (SSSR count). The van der Waals surface area contributed by atoms with E-state index in [0.29, 0.717) is 0 Å². The van der Waals surface area contributed by atoms with E-state index in [-0.39, 0.29) is 44.8 Å². The molecule has 0 aromatic heterocycles. The summed E-state index contributed by atoms with van der Waals surface area (Å²) in [7, 11) is -6.61. The van der Waals surface area contributed by atoms with Crippen LogP contribution < -0.4 is 0 Å². The Bertz CT molecular complexity index is 27.2. The summed E-state index contributed by atoms with van der Waals surface area (Å²) < 4.78 is 39.3. The monoisotopic (exact) mass is 176 g/mol. The van der Waals surface area contributed by atoms with Gasteiger partial charge in [0.2, 0.25) is 0 Å². The molecule has 0 amide bonds. The molecular formula is F4MgSiTi. The zero-order valence-electron chi connectivity index (χ0n) is 3.22. The minimum Gasteiger partial charge on any atom is -0.211 e. The topological polar surface area (TPSA) is 0 Å². The first kappa shape index (κ1) is 15.8. The Kier molecular flexibility index (Phi) is 12.5. The van der Waals surface area contributed by atoms with E-state index >= 15 is 0 Å². The summed E-state index contributed by atoms with van der Waals surface area (Å²) in [4.78, 5) is 0. The average Bonchev–Trinajstić information content (AvgIpc) is 0.722. The molecule has 2 radical (unpaired) electrons. The first-order valence-electron chi connectivity index (χ1n) is 0.756. The molecule has 0 aromatic rings. The molecule has 0 N–H and O–H groups in total. The van der Waals surface area contributed by atoms with Crippen LogP contribution >= 0.6 is 0 Å². The van der Waals surface area contributed by atoms with Crippen molar-refractivity contribution >= 4 is 32.5 Å². The summed E-state index contributed by atoms with van der Waals surface area (Å²) >= 11 is 0. The van der Waals surface area contributed by atoms with Gasteiger partial charge in [-0.2, -0.15) is 0 Å². The zero-order valence-corrected chi connectivity index (χ0v) is 7.19. The number of halogens is 4. The SMILES string of the molecule is F[Si](F)(F)F.[Mg].[Ti]. The van der Waals surface area contributed by atoms with Crippen LogP contribution in [-0.2, 0) is 21.7 Å². The van der Waals surface area contributed by atoms with Crippen LogP contribution in [0.1, 0.15) is 0 Å². The fraction of sp³-hybridized carbons (Fsp3) is 0. The molecule has 0 aliphatic carbocycles. The molecule has 7 heavy (non-hydrogen) atoms. The Morgan fingerprint density at radius 2 is 0.857 bits per heavy atom. The standard InChI is InChI=1S/F4Si.Mg.Ti/c1-5(2,3)4;;. The summed E-state index contributed by atoms with van der Waals surface area (Å²) in [5.41, 5.74) is 0. The number of rotatable bonds is 0. The van der Waals surface area contributed by atoms with E-state index in [2.05, 4.69) is 0 Å². The predicted octanol–water partition coefficient (Wildman–Crippen LogP) is 0.917. The van der Waals surface area contributed by atoms with Gasteiger partial charge in [0.05, 0.1) is 0 Å². The largest absolute Gasteiger partial charge is 0.844 e. The van der Waals surface area contributed by atoms with Gasteiger partial charge in [-0.1, -0.05) is 0 Å². The Labute approximate surface area is 70.4 Å². The molecular weight excluding hydrogens is 176 g/mol. The van der Waals surface area contributed by atoms with Crippen molar-refractivity contribution in [2.75, 3.05) is 0 Å². The molecule has 0 saturated heterocycles. The van der Waals surface area contributed by atoms with Crippen LogP contribution in [0.4, 0.5) is 16.4 Å². The van der Waals surface area contributed by atoms with Gasteiger partial charge in [-0.05, 0) is 0 Å². The van der Waals surface area contributed by atoms with E-state index in [1.54, 1.807) is 0 Å². The third-order valence-corrected chi connectivity index (χ3v) is 0. The van der Waals surface area contributed by atoms with Crippen LogP contribution in [0.15, 0.2) is 0 Å². The van der Waals surface area contributed by atoms with Crippen LogP contribution in [0, 0.1) is 0 Å². The van der Waals surface area contributed by atoms with Crippen molar-refractivity contribution in [3.63, 3.8) is 0 Å². The van der Waals surface area contributed by atoms with Gasteiger partial charge in [-0.3, -0.25) is 0 Å². The summed E-state index contributed by atoms with van der Waals surface area (Å²) in [6, 6.07) is 0. The van der Waals surface area contributed by atoms with Crippen molar-refractivity contribution in [1.29, 1.82) is 0 Å². The third kappa shape index (κ3) is 108. The van der Waals surface area contributed by atoms with Crippen LogP contribution in [0.25, 0.3) is 0 Å². The predicted molar refractivity (Wildman–Crippen MR) is 15.9 cm³/mol. The van der Waals surface area contributed by atoms with Gasteiger partial charge >= 0.3 is 9.41 Å². The van der Waals surface area contributed by atoms with Crippen molar-refractivity contribution in [2.24, 2.45) is 0 Å². The second-order valence-electron chi connectivity index (χ2n) is 0.429. The first-order valence-corrected chi connectivity index (χ1v) is 2.27. The summed E-state index contributed by atoms with van der Waals surface area (Å²) in [5.74, 6) is 0. The fourth-order valence-corrected chi connectivity index (χ4v) is 0. The average molecular weight is 176 g/mol. The number of hydrogen-bond donors (Lipinski definition) is 0. The van der Waals surface area contributed by atoms with E-state index in [1.165, 1.54) is 0 Å². The summed E-state index contributed by atoms with van der Waals surface area (Å²) in [5, 5.41) is 0. The van der Waals surface area contributed by atoms with Gasteiger partial charge < -0.3 is 0 Å². The zero-order chi connectivity index (χ0) is 4.50. The van der Waals surface area contributed by atoms with Crippen molar-refractivity contribution in [1.82, 2.24) is 0 Å². The van der Waals surface area contributed by atoms with Gasteiger partial charge in [0, 0.05) is 44.8 Å². The molecule has 0 aliphatic heterocycles. The second-order valence-corrected chi connectivity index (χ2v) is 1.29. The van der Waals surface area contributed by atoms with E-state index in [4.69, 9.17) is 0 Å². The minimum atomic E-state index is -6.61. The van der Waals surface area contributed by atoms with Gasteiger partial charge in [0.25, 0.3) is 0 Å².